The second-order valence-corrected chi connectivity index (χ2v) is 6.14. The highest BCUT2D eigenvalue weighted by Crippen LogP contribution is 2.40. The summed E-state index contributed by atoms with van der Waals surface area (Å²) < 4.78 is 3.62. The molecule has 1 aliphatic rings. The second-order valence-electron chi connectivity index (χ2n) is 3.84. The summed E-state index contributed by atoms with van der Waals surface area (Å²) in [6.45, 7) is 8.72. The summed E-state index contributed by atoms with van der Waals surface area (Å²) in [6, 6.07) is 0.432. The fraction of sp³-hybridized carbons (Fsp3) is 0.600. The third kappa shape index (κ3) is 4.15. The molecule has 0 aromatic heterocycles. The van der Waals surface area contributed by atoms with Crippen molar-refractivity contribution < 1.29 is 9.39 Å². The predicted octanol–water partition coefficient (Wildman–Crippen LogP) is 3.40. The van der Waals surface area contributed by atoms with Gasteiger partial charge in [0.2, 0.25) is 10.5 Å². The highest BCUT2D eigenvalue weighted by Gasteiger charge is 2.42. The molecule has 0 radical (unpaired) electrons. The molecule has 0 saturated carbocycles. The van der Waals surface area contributed by atoms with E-state index in [0.29, 0.717) is 10.6 Å². The number of nitrogens with zero attached hydrogens (tertiary/aromatic N) is 2. The standard InChI is InChI=1S/C8H12Br3N2.C2H5NO/c1-4-13(5(2)3)8(11)6(9)7(10)12-13;1-2(3)4/h5H,4H2,1-3H3;1H3,(H2,3,4)/q+1;. The van der Waals surface area contributed by atoms with Crippen LogP contribution in [0.25, 0.3) is 0 Å². The number of primary amides is 1. The number of quaternary nitrogens is 1. The van der Waals surface area contributed by atoms with E-state index in [1.54, 1.807) is 0 Å². The van der Waals surface area contributed by atoms with E-state index in [1.165, 1.54) is 6.92 Å². The largest absolute Gasteiger partial charge is 0.370 e. The van der Waals surface area contributed by atoms with Crippen LogP contribution in [0.15, 0.2) is 14.2 Å². The van der Waals surface area contributed by atoms with Gasteiger partial charge < -0.3 is 5.73 Å². The molecule has 1 rings (SSSR count). The number of halogens is 3. The predicted molar refractivity (Wildman–Crippen MR) is 82.0 cm³/mol. The Morgan fingerprint density at radius 2 is 1.82 bits per heavy atom. The van der Waals surface area contributed by atoms with Gasteiger partial charge in [-0.25, -0.2) is 0 Å². The van der Waals surface area contributed by atoms with Gasteiger partial charge in [0.05, 0.1) is 0 Å². The van der Waals surface area contributed by atoms with E-state index in [1.807, 2.05) is 0 Å². The smallest absolute Gasteiger partial charge is 0.219 e. The van der Waals surface area contributed by atoms with E-state index in [0.717, 1.165) is 20.3 Å². The van der Waals surface area contributed by atoms with Crippen LogP contribution in [0.4, 0.5) is 0 Å². The first kappa shape index (κ1) is 17.3. The van der Waals surface area contributed by atoms with Gasteiger partial charge in [0.1, 0.15) is 17.1 Å². The Morgan fingerprint density at radius 3 is 1.94 bits per heavy atom. The molecule has 2 N–H and O–H groups in total. The van der Waals surface area contributed by atoms with Crippen LogP contribution in [0.3, 0.4) is 0 Å². The molecule has 1 heterocycles. The Labute approximate surface area is 127 Å². The maximum absolute atomic E-state index is 9.22. The van der Waals surface area contributed by atoms with Crippen molar-refractivity contribution >= 4 is 58.3 Å². The van der Waals surface area contributed by atoms with Crippen molar-refractivity contribution in [3.63, 3.8) is 0 Å². The lowest BCUT2D eigenvalue weighted by atomic mass is 10.3. The lowest BCUT2D eigenvalue weighted by Gasteiger charge is -2.31. The molecule has 0 saturated heterocycles. The van der Waals surface area contributed by atoms with Crippen molar-refractivity contribution in [1.82, 2.24) is 0 Å². The first-order valence-electron chi connectivity index (χ1n) is 5.14. The average Bonchev–Trinajstić information content (AvgIpc) is 2.42. The molecule has 0 bridgehead atoms. The van der Waals surface area contributed by atoms with Gasteiger partial charge in [0, 0.05) is 22.9 Å². The van der Waals surface area contributed by atoms with Crippen molar-refractivity contribution in [1.29, 1.82) is 0 Å². The van der Waals surface area contributed by atoms with Crippen LogP contribution >= 0.6 is 47.8 Å². The molecule has 0 fully saturated rings. The number of rotatable bonds is 2. The zero-order chi connectivity index (χ0) is 13.8. The molecule has 0 aromatic carbocycles. The van der Waals surface area contributed by atoms with Crippen molar-refractivity contribution in [3.05, 3.63) is 9.09 Å². The Morgan fingerprint density at radius 1 is 1.41 bits per heavy atom. The fourth-order valence-electron chi connectivity index (χ4n) is 1.42. The van der Waals surface area contributed by atoms with Gasteiger partial charge in [0.15, 0.2) is 4.62 Å². The molecular formula is C10H17Br3N3O+. The van der Waals surface area contributed by atoms with Crippen molar-refractivity contribution in [2.75, 3.05) is 6.54 Å². The average molecular weight is 435 g/mol. The molecule has 0 aliphatic carbocycles. The molecule has 1 aliphatic heterocycles. The van der Waals surface area contributed by atoms with E-state index in [4.69, 9.17) is 0 Å². The molecule has 7 heteroatoms. The van der Waals surface area contributed by atoms with Gasteiger partial charge in [-0.2, -0.15) is 4.59 Å². The number of amides is 1. The molecule has 98 valence electrons. The quantitative estimate of drug-likeness (QED) is 0.525. The van der Waals surface area contributed by atoms with Crippen LogP contribution in [0.1, 0.15) is 27.7 Å². The SMILES string of the molecule is CC(N)=O.CC[N+]1(C(C)C)N=C(Br)C(Br)=C1Br. The third-order valence-electron chi connectivity index (χ3n) is 2.30. The molecule has 0 aromatic rings. The number of allylic oxidation sites excluding steroid dienone is 1. The van der Waals surface area contributed by atoms with Gasteiger partial charge in [-0.3, -0.25) is 4.79 Å². The molecule has 0 spiro atoms. The lowest BCUT2D eigenvalue weighted by molar-refractivity contribution is -0.907. The molecule has 1 amide bonds. The summed E-state index contributed by atoms with van der Waals surface area (Å²) in [6.07, 6.45) is 0. The van der Waals surface area contributed by atoms with Crippen molar-refractivity contribution in [2.24, 2.45) is 10.8 Å². The fourth-order valence-corrected chi connectivity index (χ4v) is 3.47. The highest BCUT2D eigenvalue weighted by molar-refractivity contribution is 9.21. The van der Waals surface area contributed by atoms with Crippen LogP contribution in [0.5, 0.6) is 0 Å². The van der Waals surface area contributed by atoms with Gasteiger partial charge >= 0.3 is 0 Å². The summed E-state index contributed by atoms with van der Waals surface area (Å²) in [7, 11) is 0. The number of carbonyl (C=O) groups excluding carboxylic acids is 1. The molecule has 4 nitrogen and oxygen atoms in total. The number of hydrogen-bond donors (Lipinski definition) is 1. The summed E-state index contributed by atoms with van der Waals surface area (Å²) in [4.78, 5) is 9.22. The van der Waals surface area contributed by atoms with Gasteiger partial charge in [-0.15, -0.1) is 0 Å². The van der Waals surface area contributed by atoms with Gasteiger partial charge in [0.25, 0.3) is 0 Å². The highest BCUT2D eigenvalue weighted by atomic mass is 79.9. The minimum atomic E-state index is -0.333. The minimum absolute atomic E-state index is 0.333. The Kier molecular flexibility index (Phi) is 7.13. The third-order valence-corrected chi connectivity index (χ3v) is 5.69. The second kappa shape index (κ2) is 7.01. The first-order valence-corrected chi connectivity index (χ1v) is 7.52. The van der Waals surface area contributed by atoms with E-state index in [-0.39, 0.29) is 5.91 Å². The summed E-state index contributed by atoms with van der Waals surface area (Å²) in [5.41, 5.74) is 4.47. The Balaban J connectivity index is 0.000000557. The first-order chi connectivity index (χ1) is 7.69. The van der Waals surface area contributed by atoms with Crippen molar-refractivity contribution in [3.8, 4) is 0 Å². The molecule has 17 heavy (non-hydrogen) atoms. The number of hydrogen-bond acceptors (Lipinski definition) is 2. The van der Waals surface area contributed by atoms with Crippen LogP contribution < -0.4 is 5.73 Å². The van der Waals surface area contributed by atoms with Gasteiger partial charge in [-0.1, -0.05) is 5.10 Å². The Bertz CT molecular complexity index is 362. The summed E-state index contributed by atoms with van der Waals surface area (Å²) in [5.74, 6) is -0.333. The normalized spacial score (nSPS) is 23.4. The van der Waals surface area contributed by atoms with Crippen LogP contribution in [-0.4, -0.2) is 27.7 Å². The Hall–Kier alpha value is 0.280. The summed E-state index contributed by atoms with van der Waals surface area (Å²) >= 11 is 10.5. The topological polar surface area (TPSA) is 55.5 Å². The van der Waals surface area contributed by atoms with E-state index < -0.39 is 0 Å². The maximum Gasteiger partial charge on any atom is 0.219 e. The molecular weight excluding hydrogens is 418 g/mol. The lowest BCUT2D eigenvalue weighted by Crippen LogP contribution is -2.44. The number of nitrogens with two attached hydrogens (primary N) is 1. The summed E-state index contributed by atoms with van der Waals surface area (Å²) in [5, 5.41) is 4.60. The van der Waals surface area contributed by atoms with Crippen LogP contribution in [-0.2, 0) is 4.79 Å². The zero-order valence-corrected chi connectivity index (χ0v) is 15.1. The maximum atomic E-state index is 9.22. The van der Waals surface area contributed by atoms with E-state index in [2.05, 4.69) is 79.4 Å². The molecule has 1 atom stereocenters. The number of carbonyl (C=O) groups is 1. The zero-order valence-electron chi connectivity index (χ0n) is 10.3. The monoisotopic (exact) mass is 432 g/mol. The van der Waals surface area contributed by atoms with E-state index in [9.17, 15) is 4.79 Å². The van der Waals surface area contributed by atoms with Crippen LogP contribution in [0, 0.1) is 0 Å². The van der Waals surface area contributed by atoms with Crippen molar-refractivity contribution in [2.45, 2.75) is 33.7 Å². The van der Waals surface area contributed by atoms with E-state index >= 15 is 0 Å². The minimum Gasteiger partial charge on any atom is -0.370 e. The van der Waals surface area contributed by atoms with Gasteiger partial charge in [-0.05, 0) is 52.6 Å². The van der Waals surface area contributed by atoms with Crippen LogP contribution in [0.2, 0.25) is 0 Å². The molecule has 1 unspecified atom stereocenters.